The summed E-state index contributed by atoms with van der Waals surface area (Å²) >= 11 is 0. The topological polar surface area (TPSA) is 51.6 Å². The molecule has 0 aliphatic rings. The second-order valence-corrected chi connectivity index (χ2v) is 16.2. The predicted molar refractivity (Wildman–Crippen MR) is 266 cm³/mol. The van der Waals surface area contributed by atoms with Gasteiger partial charge in [-0.25, -0.2) is 19.9 Å². The molecule has 2 aromatic heterocycles. The molecule has 0 amide bonds. The highest BCUT2D eigenvalue weighted by atomic mass is 14.9. The van der Waals surface area contributed by atoms with Gasteiger partial charge >= 0.3 is 0 Å². The Bertz CT molecular complexity index is 3340. The van der Waals surface area contributed by atoms with Gasteiger partial charge in [-0.3, -0.25) is 0 Å². The monoisotopic (exact) mass is 814 g/mol. The van der Waals surface area contributed by atoms with Crippen molar-refractivity contribution in [2.45, 2.75) is 0 Å². The third-order valence-electron chi connectivity index (χ3n) is 12.3. The summed E-state index contributed by atoms with van der Waals surface area (Å²) in [6, 6.07) is 81.0. The van der Waals surface area contributed by atoms with Gasteiger partial charge in [0.25, 0.3) is 0 Å². The molecular formula is C60H38N4. The maximum atomic E-state index is 5.31. The molecule has 0 saturated carbocycles. The van der Waals surface area contributed by atoms with Gasteiger partial charge in [0.05, 0.1) is 22.8 Å². The quantitative estimate of drug-likeness (QED) is 0.150. The third-order valence-corrected chi connectivity index (χ3v) is 12.3. The predicted octanol–water partition coefficient (Wildman–Crippen LogP) is 15.5. The van der Waals surface area contributed by atoms with Crippen LogP contribution in [0, 0.1) is 0 Å². The molecule has 0 unspecified atom stereocenters. The number of benzene rings is 10. The largest absolute Gasteiger partial charge is 0.228 e. The second-order valence-electron chi connectivity index (χ2n) is 16.2. The van der Waals surface area contributed by atoms with Crippen LogP contribution in [0.2, 0.25) is 0 Å². The number of fused-ring (bicyclic) bond motifs is 4. The highest BCUT2D eigenvalue weighted by Crippen LogP contribution is 2.40. The lowest BCUT2D eigenvalue weighted by molar-refractivity contribution is 1.19. The first-order valence-electron chi connectivity index (χ1n) is 21.6. The molecule has 12 rings (SSSR count). The van der Waals surface area contributed by atoms with Crippen LogP contribution in [-0.4, -0.2) is 19.9 Å². The van der Waals surface area contributed by atoms with Crippen LogP contribution in [-0.2, 0) is 0 Å². The van der Waals surface area contributed by atoms with E-state index in [0.29, 0.717) is 11.6 Å². The zero-order chi connectivity index (χ0) is 42.4. The summed E-state index contributed by atoms with van der Waals surface area (Å²) in [7, 11) is 0. The van der Waals surface area contributed by atoms with Crippen LogP contribution in [0.5, 0.6) is 0 Å². The Morgan fingerprint density at radius 3 is 0.828 bits per heavy atom. The third kappa shape index (κ3) is 6.75. The minimum atomic E-state index is 0.681. The van der Waals surface area contributed by atoms with E-state index in [9.17, 15) is 0 Å². The summed E-state index contributed by atoms with van der Waals surface area (Å²) in [4.78, 5) is 21.0. The van der Waals surface area contributed by atoms with Crippen molar-refractivity contribution >= 4 is 43.1 Å². The maximum absolute atomic E-state index is 5.31. The molecule has 298 valence electrons. The fraction of sp³-hybridized carbons (Fsp3) is 0. The standard InChI is InChI=1S/C60H38N4/c1-3-15-41(16-4-1)53-37-55(57-49-23-11-7-19-45(49)35-46-20-8-12-24-50(46)57)63-59(61-53)43-31-27-39(28-32-43)40-29-33-44(34-30-40)60-62-54(42-17-5-2-6-18-42)38-56(64-60)58-51-25-13-9-21-47(51)36-48-22-10-14-26-52(48)58/h1-38H. The molecule has 0 atom stereocenters. The van der Waals surface area contributed by atoms with Crippen LogP contribution in [0.25, 0.3) is 122 Å². The van der Waals surface area contributed by atoms with E-state index in [4.69, 9.17) is 19.9 Å². The molecule has 0 aliphatic carbocycles. The van der Waals surface area contributed by atoms with Crippen LogP contribution in [0.3, 0.4) is 0 Å². The van der Waals surface area contributed by atoms with Crippen molar-refractivity contribution in [2.75, 3.05) is 0 Å². The van der Waals surface area contributed by atoms with Crippen molar-refractivity contribution in [2.24, 2.45) is 0 Å². The molecule has 0 bridgehead atoms. The van der Waals surface area contributed by atoms with Crippen molar-refractivity contribution in [1.82, 2.24) is 19.9 Å². The number of rotatable bonds is 7. The van der Waals surface area contributed by atoms with E-state index < -0.39 is 0 Å². The minimum absolute atomic E-state index is 0.681. The molecule has 12 aromatic rings. The lowest BCUT2D eigenvalue weighted by Crippen LogP contribution is -1.97. The van der Waals surface area contributed by atoms with E-state index >= 15 is 0 Å². The fourth-order valence-corrected chi connectivity index (χ4v) is 9.13. The Kier molecular flexibility index (Phi) is 9.12. The van der Waals surface area contributed by atoms with Gasteiger partial charge in [0.15, 0.2) is 11.6 Å². The summed E-state index contributed by atoms with van der Waals surface area (Å²) < 4.78 is 0. The molecule has 0 fully saturated rings. The Morgan fingerprint density at radius 2 is 0.484 bits per heavy atom. The smallest absolute Gasteiger partial charge is 0.160 e. The van der Waals surface area contributed by atoms with Crippen LogP contribution in [0.15, 0.2) is 231 Å². The Labute approximate surface area is 370 Å². The average Bonchev–Trinajstić information content (AvgIpc) is 3.37. The molecule has 0 saturated heterocycles. The van der Waals surface area contributed by atoms with Gasteiger partial charge in [-0.15, -0.1) is 0 Å². The minimum Gasteiger partial charge on any atom is -0.228 e. The molecular weight excluding hydrogens is 777 g/mol. The highest BCUT2D eigenvalue weighted by molar-refractivity contribution is 6.13. The van der Waals surface area contributed by atoms with E-state index in [0.717, 1.165) is 67.3 Å². The molecule has 64 heavy (non-hydrogen) atoms. The second kappa shape index (κ2) is 15.7. The summed E-state index contributed by atoms with van der Waals surface area (Å²) in [6.07, 6.45) is 0. The fourth-order valence-electron chi connectivity index (χ4n) is 9.13. The first-order chi connectivity index (χ1) is 31.7. The van der Waals surface area contributed by atoms with E-state index in [-0.39, 0.29) is 0 Å². The van der Waals surface area contributed by atoms with Gasteiger partial charge in [-0.1, -0.05) is 206 Å². The Balaban J connectivity index is 0.931. The van der Waals surface area contributed by atoms with Crippen molar-refractivity contribution in [1.29, 1.82) is 0 Å². The van der Waals surface area contributed by atoms with E-state index in [2.05, 4.69) is 218 Å². The van der Waals surface area contributed by atoms with E-state index in [1.54, 1.807) is 0 Å². The van der Waals surface area contributed by atoms with Gasteiger partial charge in [-0.05, 0) is 78.5 Å². The van der Waals surface area contributed by atoms with E-state index in [1.165, 1.54) is 43.1 Å². The molecule has 0 spiro atoms. The van der Waals surface area contributed by atoms with Gasteiger partial charge < -0.3 is 0 Å². The summed E-state index contributed by atoms with van der Waals surface area (Å²) in [5.41, 5.74) is 12.0. The van der Waals surface area contributed by atoms with Crippen LogP contribution >= 0.6 is 0 Å². The van der Waals surface area contributed by atoms with Crippen molar-refractivity contribution in [3.63, 3.8) is 0 Å². The van der Waals surface area contributed by atoms with Crippen LogP contribution in [0.4, 0.5) is 0 Å². The number of aromatic nitrogens is 4. The first-order valence-corrected chi connectivity index (χ1v) is 21.6. The molecule has 0 N–H and O–H groups in total. The van der Waals surface area contributed by atoms with E-state index in [1.807, 2.05) is 12.1 Å². The summed E-state index contributed by atoms with van der Waals surface area (Å²) in [5, 5.41) is 9.39. The molecule has 0 radical (unpaired) electrons. The lowest BCUT2D eigenvalue weighted by atomic mass is 9.94. The summed E-state index contributed by atoms with van der Waals surface area (Å²) in [5.74, 6) is 1.36. The Morgan fingerprint density at radius 1 is 0.203 bits per heavy atom. The van der Waals surface area contributed by atoms with Crippen LogP contribution < -0.4 is 0 Å². The lowest BCUT2D eigenvalue weighted by Gasteiger charge is -2.14. The summed E-state index contributed by atoms with van der Waals surface area (Å²) in [6.45, 7) is 0. The molecule has 10 aromatic carbocycles. The van der Waals surface area contributed by atoms with Gasteiger partial charge in [0.1, 0.15) is 0 Å². The Hall–Kier alpha value is -8.60. The zero-order valence-electron chi connectivity index (χ0n) is 34.7. The number of nitrogens with zero attached hydrogens (tertiary/aromatic N) is 4. The highest BCUT2D eigenvalue weighted by Gasteiger charge is 2.18. The van der Waals surface area contributed by atoms with Crippen molar-refractivity contribution in [3.05, 3.63) is 231 Å². The number of hydrogen-bond donors (Lipinski definition) is 0. The normalized spacial score (nSPS) is 11.4. The molecule has 4 heteroatoms. The molecule has 2 heterocycles. The van der Waals surface area contributed by atoms with Gasteiger partial charge in [0.2, 0.25) is 0 Å². The maximum Gasteiger partial charge on any atom is 0.160 e. The average molecular weight is 815 g/mol. The first kappa shape index (κ1) is 37.2. The SMILES string of the molecule is c1ccc(-c2cc(-c3c4ccccc4cc4ccccc34)nc(-c3ccc(-c4ccc(-c5nc(-c6ccccc6)cc(-c6c7ccccc7cc7ccccc67)n5)cc4)cc3)n2)cc1. The van der Waals surface area contributed by atoms with Crippen molar-refractivity contribution < 1.29 is 0 Å². The van der Waals surface area contributed by atoms with Gasteiger partial charge in [0, 0.05) is 33.4 Å². The molecule has 4 nitrogen and oxygen atoms in total. The van der Waals surface area contributed by atoms with Crippen molar-refractivity contribution in [3.8, 4) is 78.9 Å². The zero-order valence-corrected chi connectivity index (χ0v) is 34.7. The molecule has 0 aliphatic heterocycles. The van der Waals surface area contributed by atoms with Crippen LogP contribution in [0.1, 0.15) is 0 Å². The number of hydrogen-bond acceptors (Lipinski definition) is 4. The van der Waals surface area contributed by atoms with Gasteiger partial charge in [-0.2, -0.15) is 0 Å².